The van der Waals surface area contributed by atoms with Crippen molar-refractivity contribution < 1.29 is 17.9 Å². The highest BCUT2D eigenvalue weighted by atomic mass is 32.2. The number of hydrogen-bond acceptors (Lipinski definition) is 6. The Labute approximate surface area is 130 Å². The number of sulfone groups is 1. The Morgan fingerprint density at radius 1 is 1.59 bits per heavy atom. The van der Waals surface area contributed by atoms with Gasteiger partial charge in [-0.15, -0.1) is 0 Å². The third kappa shape index (κ3) is 3.92. The molecule has 2 heterocycles. The van der Waals surface area contributed by atoms with Crippen LogP contribution in [-0.2, 0) is 21.1 Å². The van der Waals surface area contributed by atoms with Gasteiger partial charge in [0.05, 0.1) is 12.4 Å². The standard InChI is InChI=1S/C15H20N2O4S/c1-3-22(19,20)13-5-4-8-17(11-13)10-12-6-7-16-14(9-12)15(18)21-2/h3,6-7,9,13H,1,4-5,8,10-11H2,2H3. The Hall–Kier alpha value is -1.73. The lowest BCUT2D eigenvalue weighted by atomic mass is 10.1. The topological polar surface area (TPSA) is 76.6 Å². The van der Waals surface area contributed by atoms with Gasteiger partial charge in [-0.05, 0) is 37.1 Å². The van der Waals surface area contributed by atoms with Crippen molar-refractivity contribution in [1.29, 1.82) is 0 Å². The molecule has 1 saturated heterocycles. The van der Waals surface area contributed by atoms with Gasteiger partial charge < -0.3 is 4.74 Å². The molecule has 1 aromatic heterocycles. The van der Waals surface area contributed by atoms with E-state index in [2.05, 4.69) is 21.2 Å². The van der Waals surface area contributed by atoms with Crippen molar-refractivity contribution in [3.63, 3.8) is 0 Å². The van der Waals surface area contributed by atoms with Crippen LogP contribution in [0.25, 0.3) is 0 Å². The first-order valence-corrected chi connectivity index (χ1v) is 8.69. The van der Waals surface area contributed by atoms with Gasteiger partial charge in [-0.25, -0.2) is 18.2 Å². The Morgan fingerprint density at radius 2 is 2.36 bits per heavy atom. The predicted octanol–water partition coefficient (Wildman–Crippen LogP) is 1.39. The average molecular weight is 324 g/mol. The minimum absolute atomic E-state index is 0.257. The van der Waals surface area contributed by atoms with Crippen LogP contribution in [0.15, 0.2) is 30.3 Å². The molecule has 0 spiro atoms. The van der Waals surface area contributed by atoms with Gasteiger partial charge in [-0.3, -0.25) is 4.90 Å². The van der Waals surface area contributed by atoms with E-state index < -0.39 is 21.1 Å². The lowest BCUT2D eigenvalue weighted by molar-refractivity contribution is 0.0593. The molecule has 22 heavy (non-hydrogen) atoms. The fraction of sp³-hybridized carbons (Fsp3) is 0.467. The van der Waals surface area contributed by atoms with E-state index in [0.717, 1.165) is 23.9 Å². The number of carbonyl (C=O) groups excluding carboxylic acids is 1. The summed E-state index contributed by atoms with van der Waals surface area (Å²) in [5.74, 6) is -0.479. The van der Waals surface area contributed by atoms with Crippen LogP contribution in [0.4, 0.5) is 0 Å². The SMILES string of the molecule is C=CS(=O)(=O)C1CCCN(Cc2ccnc(C(=O)OC)c2)C1. The van der Waals surface area contributed by atoms with Crippen molar-refractivity contribution in [1.82, 2.24) is 9.88 Å². The van der Waals surface area contributed by atoms with Crippen LogP contribution in [0.5, 0.6) is 0 Å². The third-order valence-corrected chi connectivity index (χ3v) is 5.56. The van der Waals surface area contributed by atoms with Crippen LogP contribution in [0.2, 0.25) is 0 Å². The number of carbonyl (C=O) groups is 1. The zero-order valence-electron chi connectivity index (χ0n) is 12.6. The molecule has 1 aliphatic heterocycles. The van der Waals surface area contributed by atoms with E-state index in [-0.39, 0.29) is 5.69 Å². The highest BCUT2D eigenvalue weighted by molar-refractivity contribution is 7.94. The number of hydrogen-bond donors (Lipinski definition) is 0. The molecule has 0 aliphatic carbocycles. The molecule has 1 atom stereocenters. The fourth-order valence-corrected chi connectivity index (χ4v) is 3.79. The maximum atomic E-state index is 11.9. The third-order valence-electron chi connectivity index (χ3n) is 3.78. The molecule has 6 nitrogen and oxygen atoms in total. The maximum Gasteiger partial charge on any atom is 0.356 e. The van der Waals surface area contributed by atoms with Crippen LogP contribution in [0, 0.1) is 0 Å². The van der Waals surface area contributed by atoms with Crippen LogP contribution in [0.3, 0.4) is 0 Å². The van der Waals surface area contributed by atoms with E-state index in [9.17, 15) is 13.2 Å². The van der Waals surface area contributed by atoms with Crippen molar-refractivity contribution in [2.75, 3.05) is 20.2 Å². The summed E-state index contributed by atoms with van der Waals surface area (Å²) in [6.07, 6.45) is 3.05. The zero-order chi connectivity index (χ0) is 16.2. The number of pyridine rings is 1. The second-order valence-corrected chi connectivity index (χ2v) is 7.47. The predicted molar refractivity (Wildman–Crippen MR) is 83.0 cm³/mol. The van der Waals surface area contributed by atoms with E-state index in [1.165, 1.54) is 7.11 Å². The van der Waals surface area contributed by atoms with E-state index in [4.69, 9.17) is 0 Å². The average Bonchev–Trinajstić information content (AvgIpc) is 2.54. The molecule has 0 amide bonds. The van der Waals surface area contributed by atoms with Gasteiger partial charge >= 0.3 is 5.97 Å². The zero-order valence-corrected chi connectivity index (χ0v) is 13.4. The first-order valence-electron chi connectivity index (χ1n) is 7.08. The summed E-state index contributed by atoms with van der Waals surface area (Å²) in [7, 11) is -1.92. The molecule has 1 aromatic rings. The number of likely N-dealkylation sites (tertiary alicyclic amines) is 1. The molecule has 0 N–H and O–H groups in total. The summed E-state index contributed by atoms with van der Waals surface area (Å²) in [6, 6.07) is 3.50. The van der Waals surface area contributed by atoms with Gasteiger partial charge in [-0.1, -0.05) is 6.58 Å². The molecule has 0 aromatic carbocycles. The normalized spacial score (nSPS) is 19.6. The van der Waals surface area contributed by atoms with Crippen LogP contribution < -0.4 is 0 Å². The lowest BCUT2D eigenvalue weighted by Crippen LogP contribution is -2.41. The number of esters is 1. The van der Waals surface area contributed by atoms with Gasteiger partial charge in [0.25, 0.3) is 0 Å². The number of nitrogens with zero attached hydrogens (tertiary/aromatic N) is 2. The van der Waals surface area contributed by atoms with Crippen LogP contribution in [0.1, 0.15) is 28.9 Å². The Bertz CT molecular complexity index is 657. The number of rotatable bonds is 5. The smallest absolute Gasteiger partial charge is 0.356 e. The molecule has 7 heteroatoms. The number of piperidine rings is 1. The number of aromatic nitrogens is 1. The van der Waals surface area contributed by atoms with Crippen LogP contribution >= 0.6 is 0 Å². The highest BCUT2D eigenvalue weighted by Gasteiger charge is 2.28. The minimum Gasteiger partial charge on any atom is -0.464 e. The lowest BCUT2D eigenvalue weighted by Gasteiger charge is -2.31. The van der Waals surface area contributed by atoms with Gasteiger partial charge in [0, 0.05) is 24.7 Å². The Balaban J connectivity index is 2.07. The largest absolute Gasteiger partial charge is 0.464 e. The maximum absolute atomic E-state index is 11.9. The number of methoxy groups -OCH3 is 1. The molecular weight excluding hydrogens is 304 g/mol. The highest BCUT2D eigenvalue weighted by Crippen LogP contribution is 2.20. The summed E-state index contributed by atoms with van der Waals surface area (Å²) >= 11 is 0. The monoisotopic (exact) mass is 324 g/mol. The molecule has 0 saturated carbocycles. The molecule has 0 radical (unpaired) electrons. The van der Waals surface area contributed by atoms with E-state index in [0.29, 0.717) is 19.5 Å². The van der Waals surface area contributed by atoms with Gasteiger partial charge in [-0.2, -0.15) is 0 Å². The van der Waals surface area contributed by atoms with Crippen molar-refractivity contribution >= 4 is 15.8 Å². The molecule has 0 bridgehead atoms. The van der Waals surface area contributed by atoms with Gasteiger partial charge in [0.15, 0.2) is 9.84 Å². The van der Waals surface area contributed by atoms with Crippen molar-refractivity contribution in [3.8, 4) is 0 Å². The second-order valence-electron chi connectivity index (χ2n) is 5.30. The summed E-state index contributed by atoms with van der Waals surface area (Å²) in [5.41, 5.74) is 1.17. The summed E-state index contributed by atoms with van der Waals surface area (Å²) in [6.45, 7) is 5.28. The van der Waals surface area contributed by atoms with Crippen molar-refractivity contribution in [3.05, 3.63) is 41.6 Å². The van der Waals surface area contributed by atoms with Crippen LogP contribution in [-0.4, -0.2) is 49.7 Å². The van der Waals surface area contributed by atoms with E-state index in [1.54, 1.807) is 12.3 Å². The Kier molecular flexibility index (Phi) is 5.31. The summed E-state index contributed by atoms with van der Waals surface area (Å²) < 4.78 is 28.5. The summed E-state index contributed by atoms with van der Waals surface area (Å²) in [5, 5.41) is 0.642. The number of ether oxygens (including phenoxy) is 1. The fourth-order valence-electron chi connectivity index (χ4n) is 2.61. The first-order chi connectivity index (χ1) is 10.5. The first kappa shape index (κ1) is 16.6. The second kappa shape index (κ2) is 7.02. The molecule has 1 aliphatic rings. The molecule has 1 fully saturated rings. The molecule has 1 unspecified atom stereocenters. The Morgan fingerprint density at radius 3 is 3.05 bits per heavy atom. The molecular formula is C15H20N2O4S. The van der Waals surface area contributed by atoms with Gasteiger partial charge in [0.1, 0.15) is 5.69 Å². The summed E-state index contributed by atoms with van der Waals surface area (Å²) in [4.78, 5) is 17.5. The quantitative estimate of drug-likeness (QED) is 0.762. The van der Waals surface area contributed by atoms with Gasteiger partial charge in [0.2, 0.25) is 0 Å². The van der Waals surface area contributed by atoms with E-state index in [1.807, 2.05) is 6.07 Å². The van der Waals surface area contributed by atoms with E-state index >= 15 is 0 Å². The van der Waals surface area contributed by atoms with Crippen molar-refractivity contribution in [2.24, 2.45) is 0 Å². The molecule has 2 rings (SSSR count). The minimum atomic E-state index is -3.24. The molecule has 120 valence electrons. The van der Waals surface area contributed by atoms with Crippen molar-refractivity contribution in [2.45, 2.75) is 24.6 Å².